The van der Waals surface area contributed by atoms with Gasteiger partial charge in [-0.05, 0) is 99.0 Å². The zero-order valence-corrected chi connectivity index (χ0v) is 46.9. The molecule has 2 fully saturated rings. The topological polar surface area (TPSA) is 241 Å². The summed E-state index contributed by atoms with van der Waals surface area (Å²) in [7, 11) is -5.21. The molecule has 440 valence electrons. The summed E-state index contributed by atoms with van der Waals surface area (Å²) in [6.45, 7) is 4.18. The Labute approximate surface area is 486 Å². The zero-order valence-electron chi connectivity index (χ0n) is 46.0. The van der Waals surface area contributed by atoms with Gasteiger partial charge in [-0.25, -0.2) is 33.3 Å². The number of ether oxygens (including phenoxy) is 9. The Morgan fingerprint density at radius 3 is 1.21 bits per heavy atom. The highest BCUT2D eigenvalue weighted by molar-refractivity contribution is 7.47. The fraction of sp³-hybridized carbons (Fsp3) is 0.312. The SMILES string of the molecule is C=CCCCCCCCCOP(=O)(O)O[C@H]1O[C@H](COC(=O)c2ccccc2)[C@@H](O[C@@H]2O[C@H](C)[C@H](OC(=O)c3ccccc3)[C@H](OC(=O)c3ccccc3)[C@H]2OC(=O)c2ccccc2)[C@H](OC(=O)c2ccccc2)[C@@H]1OC(=O)c1ccccc1. The fourth-order valence-electron chi connectivity index (χ4n) is 9.26. The summed E-state index contributed by atoms with van der Waals surface area (Å²) < 4.78 is 82.2. The van der Waals surface area contributed by atoms with Gasteiger partial charge in [-0.2, -0.15) is 0 Å². The molecular weight excluding hydrogens is 1100 g/mol. The molecule has 0 aromatic heterocycles. The minimum absolute atomic E-state index is 0.0185. The van der Waals surface area contributed by atoms with Gasteiger partial charge in [0, 0.05) is 0 Å². The van der Waals surface area contributed by atoms with Crippen LogP contribution in [-0.4, -0.2) is 115 Å². The Hall–Kier alpha value is -8.13. The number of benzene rings is 6. The predicted octanol–water partition coefficient (Wildman–Crippen LogP) is 10.9. The Morgan fingerprint density at radius 2 is 0.798 bits per heavy atom. The summed E-state index contributed by atoms with van der Waals surface area (Å²) in [5, 5.41) is 0. The summed E-state index contributed by atoms with van der Waals surface area (Å²) >= 11 is 0. The van der Waals surface area contributed by atoms with Crippen molar-refractivity contribution >= 4 is 43.6 Å². The van der Waals surface area contributed by atoms with Gasteiger partial charge in [-0.1, -0.05) is 141 Å². The van der Waals surface area contributed by atoms with Crippen LogP contribution in [-0.2, 0) is 56.2 Å². The molecule has 2 aliphatic heterocycles. The molecule has 0 saturated carbocycles. The molecule has 1 unspecified atom stereocenters. The first kappa shape index (κ1) is 61.9. The summed E-state index contributed by atoms with van der Waals surface area (Å²) in [6, 6.07) is 46.5. The normalized spacial score (nSPS) is 22.6. The number of carbonyl (C=O) groups is 6. The molecule has 19 nitrogen and oxygen atoms in total. The van der Waals surface area contributed by atoms with Gasteiger partial charge in [0.1, 0.15) is 18.8 Å². The molecule has 6 aromatic rings. The first-order valence-electron chi connectivity index (χ1n) is 27.5. The van der Waals surface area contributed by atoms with Gasteiger partial charge in [0.2, 0.25) is 6.29 Å². The number of allylic oxidation sites excluding steroid dienone is 1. The lowest BCUT2D eigenvalue weighted by atomic mass is 9.96. The molecule has 8 rings (SSSR count). The lowest BCUT2D eigenvalue weighted by Gasteiger charge is -2.48. The molecule has 84 heavy (non-hydrogen) atoms. The highest BCUT2D eigenvalue weighted by atomic mass is 31.2. The van der Waals surface area contributed by atoms with Crippen molar-refractivity contribution in [2.45, 2.75) is 113 Å². The number of hydrogen-bond donors (Lipinski definition) is 1. The first-order valence-corrected chi connectivity index (χ1v) is 29.0. The van der Waals surface area contributed by atoms with Gasteiger partial charge in [0.15, 0.2) is 36.8 Å². The van der Waals surface area contributed by atoms with E-state index in [0.717, 1.165) is 32.1 Å². The van der Waals surface area contributed by atoms with Crippen molar-refractivity contribution in [1.82, 2.24) is 0 Å². The Balaban J connectivity index is 1.23. The lowest BCUT2D eigenvalue weighted by molar-refractivity contribution is -0.347. The Morgan fingerprint density at radius 1 is 0.452 bits per heavy atom. The van der Waals surface area contributed by atoms with Crippen molar-refractivity contribution in [3.05, 3.63) is 228 Å². The second-order valence-electron chi connectivity index (χ2n) is 19.6. The van der Waals surface area contributed by atoms with Crippen LogP contribution in [0.2, 0.25) is 0 Å². The summed E-state index contributed by atoms with van der Waals surface area (Å²) in [4.78, 5) is 96.9. The van der Waals surface area contributed by atoms with Crippen LogP contribution in [0.25, 0.3) is 0 Å². The van der Waals surface area contributed by atoms with Crippen molar-refractivity contribution in [2.75, 3.05) is 13.2 Å². The van der Waals surface area contributed by atoms with Crippen molar-refractivity contribution in [3.63, 3.8) is 0 Å². The molecule has 0 amide bonds. The van der Waals surface area contributed by atoms with E-state index in [9.17, 15) is 38.2 Å². The molecule has 0 bridgehead atoms. The second-order valence-corrected chi connectivity index (χ2v) is 21.0. The Kier molecular flexibility index (Phi) is 22.8. The van der Waals surface area contributed by atoms with E-state index in [1.165, 1.54) is 79.7 Å². The van der Waals surface area contributed by atoms with E-state index < -0.39 is 112 Å². The van der Waals surface area contributed by atoms with E-state index in [-0.39, 0.29) is 40.0 Å². The van der Waals surface area contributed by atoms with Gasteiger partial charge in [-0.15, -0.1) is 6.58 Å². The quantitative estimate of drug-likeness (QED) is 0.0166. The number of phosphoric acid groups is 1. The minimum atomic E-state index is -5.21. The second kappa shape index (κ2) is 31.0. The predicted molar refractivity (Wildman–Crippen MR) is 302 cm³/mol. The molecule has 0 aliphatic carbocycles. The van der Waals surface area contributed by atoms with Crippen LogP contribution in [0.3, 0.4) is 0 Å². The molecule has 6 aromatic carbocycles. The fourth-order valence-corrected chi connectivity index (χ4v) is 10.1. The molecule has 1 N–H and O–H groups in total. The van der Waals surface area contributed by atoms with Crippen LogP contribution < -0.4 is 0 Å². The van der Waals surface area contributed by atoms with E-state index in [2.05, 4.69) is 6.58 Å². The third-order valence-corrected chi connectivity index (χ3v) is 14.5. The maximum Gasteiger partial charge on any atom is 0.474 e. The number of rotatable bonds is 27. The zero-order chi connectivity index (χ0) is 59.3. The summed E-state index contributed by atoms with van der Waals surface area (Å²) in [5.41, 5.74) is 0.237. The van der Waals surface area contributed by atoms with Crippen molar-refractivity contribution in [2.24, 2.45) is 0 Å². The maximum absolute atomic E-state index is 14.6. The lowest BCUT2D eigenvalue weighted by Crippen LogP contribution is -2.66. The number of carbonyl (C=O) groups excluding carboxylic acids is 6. The van der Waals surface area contributed by atoms with Gasteiger partial charge in [0.25, 0.3) is 0 Å². The van der Waals surface area contributed by atoms with Crippen molar-refractivity contribution in [3.8, 4) is 0 Å². The molecule has 11 atom stereocenters. The van der Waals surface area contributed by atoms with E-state index in [0.29, 0.717) is 12.8 Å². The molecule has 2 saturated heterocycles. The highest BCUT2D eigenvalue weighted by Gasteiger charge is 2.58. The minimum Gasteiger partial charge on any atom is -0.459 e. The molecule has 0 spiro atoms. The molecule has 0 radical (unpaired) electrons. The van der Waals surface area contributed by atoms with Crippen molar-refractivity contribution < 1.29 is 89.9 Å². The van der Waals surface area contributed by atoms with E-state index in [1.807, 2.05) is 6.08 Å². The molecule has 2 heterocycles. The highest BCUT2D eigenvalue weighted by Crippen LogP contribution is 2.48. The van der Waals surface area contributed by atoms with Gasteiger partial charge in [0.05, 0.1) is 46.1 Å². The van der Waals surface area contributed by atoms with Gasteiger partial charge in [-0.3, -0.25) is 9.05 Å². The monoisotopic (exact) mass is 1170 g/mol. The summed E-state index contributed by atoms with van der Waals surface area (Å²) in [5.74, 6) is -5.79. The van der Waals surface area contributed by atoms with Crippen LogP contribution in [0.4, 0.5) is 0 Å². The van der Waals surface area contributed by atoms with Crippen molar-refractivity contribution in [1.29, 1.82) is 0 Å². The average Bonchev–Trinajstić information content (AvgIpc) is 2.21. The van der Waals surface area contributed by atoms with Crippen LogP contribution in [0.15, 0.2) is 195 Å². The molecular formula is C64H65O19P. The van der Waals surface area contributed by atoms with Crippen LogP contribution in [0, 0.1) is 0 Å². The van der Waals surface area contributed by atoms with Crippen LogP contribution in [0.5, 0.6) is 0 Å². The first-order chi connectivity index (χ1) is 40.8. The van der Waals surface area contributed by atoms with Crippen LogP contribution >= 0.6 is 7.82 Å². The van der Waals surface area contributed by atoms with Gasteiger partial charge < -0.3 is 47.5 Å². The third-order valence-electron chi connectivity index (χ3n) is 13.6. The third kappa shape index (κ3) is 17.5. The molecule has 20 heteroatoms. The summed E-state index contributed by atoms with van der Waals surface area (Å²) in [6.07, 6.45) is -10.9. The average molecular weight is 1170 g/mol. The number of unbranched alkanes of at least 4 members (excludes halogenated alkanes) is 6. The van der Waals surface area contributed by atoms with Crippen LogP contribution in [0.1, 0.15) is 114 Å². The largest absolute Gasteiger partial charge is 0.474 e. The number of esters is 6. The number of hydrogen-bond acceptors (Lipinski definition) is 18. The standard InChI is InChI=1S/C64H65O19P/c1-3-4-5-6-7-8-9-28-41-74-84(71,72)83-64-56(81-62(70)49-39-26-15-27-40-49)54(79-60(68)47-35-22-13-23-36-47)52(50(76-64)42-73-57(65)44-29-16-10-17-30-44)82-63-55(80-61(69)48-37-24-14-25-38-48)53(78-59(67)46-33-20-12-21-34-46)51(43(2)75-63)77-58(66)45-31-18-11-19-32-45/h3,10-27,29-40,43,50-56,63-64H,1,4-9,28,41-42H2,2H3,(H,71,72)/t43-,50-,51+,52-,53+,54+,55-,56+,63+,64-/m1/s1. The van der Waals surface area contributed by atoms with E-state index in [4.69, 9.17) is 51.7 Å². The number of phosphoric ester groups is 1. The maximum atomic E-state index is 14.6. The van der Waals surface area contributed by atoms with E-state index in [1.54, 1.807) is 109 Å². The molecule has 2 aliphatic rings. The Bertz CT molecular complexity index is 3140. The smallest absolute Gasteiger partial charge is 0.459 e. The van der Waals surface area contributed by atoms with Gasteiger partial charge >= 0.3 is 43.6 Å². The van der Waals surface area contributed by atoms with E-state index >= 15 is 0 Å².